The third-order valence-corrected chi connectivity index (χ3v) is 3.93. The van der Waals surface area contributed by atoms with Gasteiger partial charge in [0.05, 0.1) is 7.11 Å². The highest BCUT2D eigenvalue weighted by molar-refractivity contribution is 7.99. The minimum Gasteiger partial charge on any atom is -0.469 e. The van der Waals surface area contributed by atoms with Crippen molar-refractivity contribution >= 4 is 17.7 Å². The zero-order chi connectivity index (χ0) is 13.4. The van der Waals surface area contributed by atoms with Crippen LogP contribution >= 0.6 is 11.8 Å². The van der Waals surface area contributed by atoms with Crippen LogP contribution in [0.25, 0.3) is 0 Å². The molecule has 0 saturated carbocycles. The molecule has 1 aromatic carbocycles. The van der Waals surface area contributed by atoms with E-state index in [1.807, 2.05) is 7.05 Å². The molecule has 0 aliphatic rings. The van der Waals surface area contributed by atoms with Gasteiger partial charge in [0, 0.05) is 17.4 Å². The van der Waals surface area contributed by atoms with E-state index < -0.39 is 0 Å². The summed E-state index contributed by atoms with van der Waals surface area (Å²) in [4.78, 5) is 12.2. The first-order valence-corrected chi connectivity index (χ1v) is 7.12. The summed E-state index contributed by atoms with van der Waals surface area (Å²) in [6, 6.07) is 8.93. The molecule has 0 aliphatic heterocycles. The lowest BCUT2D eigenvalue weighted by Crippen LogP contribution is -2.11. The third-order valence-electron chi connectivity index (χ3n) is 2.83. The van der Waals surface area contributed by atoms with E-state index in [2.05, 4.69) is 41.2 Å². The Labute approximate surface area is 113 Å². The number of methoxy groups -OCH3 is 1. The fourth-order valence-electron chi connectivity index (χ4n) is 1.53. The number of carbonyl (C=O) groups is 1. The quantitative estimate of drug-likeness (QED) is 0.468. The summed E-state index contributed by atoms with van der Waals surface area (Å²) in [6.07, 6.45) is 1.35. The molecule has 0 amide bonds. The van der Waals surface area contributed by atoms with Gasteiger partial charge in [0.15, 0.2) is 0 Å². The van der Waals surface area contributed by atoms with E-state index in [0.717, 1.165) is 12.2 Å². The molecule has 100 valence electrons. The molecule has 1 atom stereocenters. The summed E-state index contributed by atoms with van der Waals surface area (Å²) < 4.78 is 4.60. The van der Waals surface area contributed by atoms with Crippen LogP contribution in [0.5, 0.6) is 0 Å². The Hall–Kier alpha value is -1.00. The van der Waals surface area contributed by atoms with Gasteiger partial charge in [0.2, 0.25) is 0 Å². The lowest BCUT2D eigenvalue weighted by molar-refractivity contribution is -0.140. The van der Waals surface area contributed by atoms with Crippen molar-refractivity contribution in [2.75, 3.05) is 19.9 Å². The van der Waals surface area contributed by atoms with Crippen molar-refractivity contribution in [2.24, 2.45) is 0 Å². The Morgan fingerprint density at radius 1 is 1.39 bits per heavy atom. The minimum absolute atomic E-state index is 0.131. The number of carbonyl (C=O) groups excluding carboxylic acids is 1. The average molecular weight is 267 g/mol. The number of esters is 1. The summed E-state index contributed by atoms with van der Waals surface area (Å²) in [7, 11) is 3.39. The van der Waals surface area contributed by atoms with Crippen LogP contribution in [0.1, 0.15) is 31.4 Å². The Morgan fingerprint density at radius 3 is 2.61 bits per heavy atom. The first-order valence-electron chi connectivity index (χ1n) is 6.14. The number of thioether (sulfide) groups is 1. The molecule has 0 radical (unpaired) electrons. The van der Waals surface area contributed by atoms with Crippen LogP contribution in [0, 0.1) is 0 Å². The molecule has 0 bridgehead atoms. The fourth-order valence-corrected chi connectivity index (χ4v) is 2.38. The summed E-state index contributed by atoms with van der Waals surface area (Å²) >= 11 is 1.77. The maximum atomic E-state index is 10.9. The summed E-state index contributed by atoms with van der Waals surface area (Å²) in [5.41, 5.74) is 1.29. The highest BCUT2D eigenvalue weighted by Crippen LogP contribution is 2.21. The van der Waals surface area contributed by atoms with Crippen LogP contribution in [-0.2, 0) is 9.53 Å². The van der Waals surface area contributed by atoms with E-state index in [1.165, 1.54) is 17.6 Å². The molecule has 1 N–H and O–H groups in total. The van der Waals surface area contributed by atoms with E-state index in [0.29, 0.717) is 12.5 Å². The number of ether oxygens (including phenoxy) is 1. The van der Waals surface area contributed by atoms with Crippen LogP contribution in [0.3, 0.4) is 0 Å². The standard InChI is InChI=1S/C14H21NO2S/c1-11(15-2)12-6-8-13(9-7-12)18-10-4-5-14(16)17-3/h6-9,11,15H,4-5,10H2,1-3H3. The first kappa shape index (κ1) is 15.1. The highest BCUT2D eigenvalue weighted by Gasteiger charge is 2.03. The molecule has 1 rings (SSSR count). The van der Waals surface area contributed by atoms with Crippen LogP contribution in [0.2, 0.25) is 0 Å². The molecule has 1 aromatic rings. The van der Waals surface area contributed by atoms with Gasteiger partial charge in [-0.3, -0.25) is 4.79 Å². The second-order valence-electron chi connectivity index (χ2n) is 4.11. The number of hydrogen-bond donors (Lipinski definition) is 1. The number of nitrogens with one attached hydrogen (secondary N) is 1. The molecule has 0 fully saturated rings. The molecular weight excluding hydrogens is 246 g/mol. The molecule has 3 nitrogen and oxygen atoms in total. The Kier molecular flexibility index (Phi) is 6.83. The van der Waals surface area contributed by atoms with Crippen LogP contribution in [-0.4, -0.2) is 25.9 Å². The Morgan fingerprint density at radius 2 is 2.06 bits per heavy atom. The largest absolute Gasteiger partial charge is 0.469 e. The zero-order valence-electron chi connectivity index (χ0n) is 11.2. The van der Waals surface area contributed by atoms with Gasteiger partial charge in [-0.1, -0.05) is 12.1 Å². The second-order valence-corrected chi connectivity index (χ2v) is 5.28. The Bertz CT molecular complexity index is 365. The molecule has 0 aromatic heterocycles. The van der Waals surface area contributed by atoms with Gasteiger partial charge < -0.3 is 10.1 Å². The molecule has 0 saturated heterocycles. The maximum absolute atomic E-state index is 10.9. The number of benzene rings is 1. The van der Waals surface area contributed by atoms with Crippen molar-refractivity contribution < 1.29 is 9.53 Å². The van der Waals surface area contributed by atoms with Gasteiger partial charge in [-0.15, -0.1) is 11.8 Å². The minimum atomic E-state index is -0.131. The summed E-state index contributed by atoms with van der Waals surface area (Å²) in [6.45, 7) is 2.14. The van der Waals surface area contributed by atoms with E-state index in [-0.39, 0.29) is 5.97 Å². The summed E-state index contributed by atoms with van der Waals surface area (Å²) in [5.74, 6) is 0.810. The molecule has 4 heteroatoms. The van der Waals surface area contributed by atoms with Gasteiger partial charge in [-0.05, 0) is 43.8 Å². The number of hydrogen-bond acceptors (Lipinski definition) is 4. The normalized spacial score (nSPS) is 12.2. The average Bonchev–Trinajstić information content (AvgIpc) is 2.43. The SMILES string of the molecule is CNC(C)c1ccc(SCCCC(=O)OC)cc1. The number of rotatable bonds is 7. The van der Waals surface area contributed by atoms with Crippen molar-refractivity contribution in [3.05, 3.63) is 29.8 Å². The predicted octanol–water partition coefficient (Wildman–Crippen LogP) is 3.01. The second kappa shape index (κ2) is 8.16. The maximum Gasteiger partial charge on any atom is 0.305 e. The lowest BCUT2D eigenvalue weighted by atomic mass is 10.1. The van der Waals surface area contributed by atoms with Gasteiger partial charge >= 0.3 is 5.97 Å². The van der Waals surface area contributed by atoms with Crippen molar-refractivity contribution in [3.63, 3.8) is 0 Å². The van der Waals surface area contributed by atoms with Crippen molar-refractivity contribution in [1.82, 2.24) is 5.32 Å². The van der Waals surface area contributed by atoms with Crippen molar-refractivity contribution in [3.8, 4) is 0 Å². The predicted molar refractivity (Wildman–Crippen MR) is 75.9 cm³/mol. The fraction of sp³-hybridized carbons (Fsp3) is 0.500. The van der Waals surface area contributed by atoms with Crippen molar-refractivity contribution in [2.45, 2.75) is 30.7 Å². The first-order chi connectivity index (χ1) is 8.67. The highest BCUT2D eigenvalue weighted by atomic mass is 32.2. The van der Waals surface area contributed by atoms with E-state index in [1.54, 1.807) is 11.8 Å². The molecule has 0 aliphatic carbocycles. The van der Waals surface area contributed by atoms with Crippen LogP contribution in [0.4, 0.5) is 0 Å². The Balaban J connectivity index is 2.33. The van der Waals surface area contributed by atoms with Gasteiger partial charge in [0.25, 0.3) is 0 Å². The molecule has 18 heavy (non-hydrogen) atoms. The molecule has 0 spiro atoms. The van der Waals surface area contributed by atoms with Gasteiger partial charge in [0.1, 0.15) is 0 Å². The molecular formula is C14H21NO2S. The van der Waals surface area contributed by atoms with Gasteiger partial charge in [-0.25, -0.2) is 0 Å². The monoisotopic (exact) mass is 267 g/mol. The zero-order valence-corrected chi connectivity index (χ0v) is 12.0. The molecule has 0 heterocycles. The van der Waals surface area contributed by atoms with Crippen molar-refractivity contribution in [1.29, 1.82) is 0 Å². The summed E-state index contributed by atoms with van der Waals surface area (Å²) in [5, 5.41) is 3.21. The topological polar surface area (TPSA) is 38.3 Å². The van der Waals surface area contributed by atoms with Gasteiger partial charge in [-0.2, -0.15) is 0 Å². The third kappa shape index (κ3) is 5.10. The van der Waals surface area contributed by atoms with E-state index in [9.17, 15) is 4.79 Å². The van der Waals surface area contributed by atoms with E-state index >= 15 is 0 Å². The van der Waals surface area contributed by atoms with Crippen LogP contribution < -0.4 is 5.32 Å². The smallest absolute Gasteiger partial charge is 0.305 e. The lowest BCUT2D eigenvalue weighted by Gasteiger charge is -2.10. The van der Waals surface area contributed by atoms with Crippen LogP contribution in [0.15, 0.2) is 29.2 Å². The van der Waals surface area contributed by atoms with E-state index in [4.69, 9.17) is 0 Å². The molecule has 1 unspecified atom stereocenters.